The van der Waals surface area contributed by atoms with Crippen LogP contribution in [0.1, 0.15) is 46.0 Å². The van der Waals surface area contributed by atoms with Crippen LogP contribution < -0.4 is 5.32 Å². The van der Waals surface area contributed by atoms with Gasteiger partial charge in [-0.25, -0.2) is 4.39 Å². The molecule has 1 aromatic carbocycles. The van der Waals surface area contributed by atoms with Gasteiger partial charge in [-0.1, -0.05) is 26.7 Å². The second-order valence-corrected chi connectivity index (χ2v) is 6.99. The quantitative estimate of drug-likeness (QED) is 0.758. The molecule has 1 aliphatic carbocycles. The number of nitrogens with one attached hydrogen (secondary N) is 1. The third-order valence-corrected chi connectivity index (χ3v) is 4.49. The topological polar surface area (TPSA) is 12.0 Å². The predicted molar refractivity (Wildman–Crippen MR) is 82.9 cm³/mol. The number of halogens is 2. The Morgan fingerprint density at radius 3 is 2.84 bits per heavy atom. The van der Waals surface area contributed by atoms with Crippen LogP contribution in [0.2, 0.25) is 0 Å². The lowest BCUT2D eigenvalue weighted by molar-refractivity contribution is 0.289. The summed E-state index contributed by atoms with van der Waals surface area (Å²) in [6, 6.07) is 5.71. The fourth-order valence-corrected chi connectivity index (χ4v) is 3.50. The van der Waals surface area contributed by atoms with Gasteiger partial charge in [0.15, 0.2) is 0 Å². The van der Waals surface area contributed by atoms with Crippen molar-refractivity contribution in [3.05, 3.63) is 28.5 Å². The summed E-state index contributed by atoms with van der Waals surface area (Å²) in [6.45, 7) is 4.60. The first-order chi connectivity index (χ1) is 9.04. The molecular weight excluding hydrogens is 305 g/mol. The van der Waals surface area contributed by atoms with E-state index < -0.39 is 0 Å². The van der Waals surface area contributed by atoms with Crippen LogP contribution in [0, 0.1) is 17.7 Å². The molecule has 0 radical (unpaired) electrons. The number of benzene rings is 1. The van der Waals surface area contributed by atoms with Crippen LogP contribution in [0.25, 0.3) is 0 Å². The molecule has 2 unspecified atom stereocenters. The Hall–Kier alpha value is -0.570. The van der Waals surface area contributed by atoms with E-state index in [2.05, 4.69) is 35.1 Å². The van der Waals surface area contributed by atoms with Crippen molar-refractivity contribution >= 4 is 21.6 Å². The first-order valence-corrected chi connectivity index (χ1v) is 8.05. The number of hydrogen-bond acceptors (Lipinski definition) is 1. The van der Waals surface area contributed by atoms with Gasteiger partial charge >= 0.3 is 0 Å². The van der Waals surface area contributed by atoms with Crippen LogP contribution in [-0.4, -0.2) is 6.04 Å². The first kappa shape index (κ1) is 14.8. The van der Waals surface area contributed by atoms with Crippen molar-refractivity contribution in [1.29, 1.82) is 0 Å². The van der Waals surface area contributed by atoms with Crippen molar-refractivity contribution in [2.75, 3.05) is 5.32 Å². The van der Waals surface area contributed by atoms with Crippen molar-refractivity contribution in [3.63, 3.8) is 0 Å². The van der Waals surface area contributed by atoms with Crippen LogP contribution in [0.3, 0.4) is 0 Å². The summed E-state index contributed by atoms with van der Waals surface area (Å²) in [4.78, 5) is 0. The highest BCUT2D eigenvalue weighted by atomic mass is 79.9. The molecule has 1 saturated carbocycles. The average Bonchev–Trinajstić information content (AvgIpc) is 2.33. The first-order valence-electron chi connectivity index (χ1n) is 7.26. The zero-order chi connectivity index (χ0) is 13.8. The van der Waals surface area contributed by atoms with Gasteiger partial charge in [0.1, 0.15) is 5.82 Å². The molecule has 1 fully saturated rings. The molecule has 0 aliphatic heterocycles. The van der Waals surface area contributed by atoms with Gasteiger partial charge in [-0.05, 0) is 65.2 Å². The molecule has 1 aliphatic rings. The lowest BCUT2D eigenvalue weighted by Crippen LogP contribution is -2.27. The minimum Gasteiger partial charge on any atom is -0.382 e. The summed E-state index contributed by atoms with van der Waals surface area (Å²) in [7, 11) is 0. The van der Waals surface area contributed by atoms with Crippen LogP contribution in [-0.2, 0) is 0 Å². The molecular formula is C16H23BrFN. The zero-order valence-corrected chi connectivity index (χ0v) is 13.3. The largest absolute Gasteiger partial charge is 0.382 e. The number of hydrogen-bond donors (Lipinski definition) is 1. The van der Waals surface area contributed by atoms with Crippen LogP contribution >= 0.6 is 15.9 Å². The van der Waals surface area contributed by atoms with E-state index in [4.69, 9.17) is 0 Å². The summed E-state index contributed by atoms with van der Waals surface area (Å²) < 4.78 is 13.7. The summed E-state index contributed by atoms with van der Waals surface area (Å²) in [5, 5.41) is 3.56. The smallest absolute Gasteiger partial charge is 0.137 e. The molecule has 106 valence electrons. The lowest BCUT2D eigenvalue weighted by atomic mass is 9.81. The molecule has 0 spiro atoms. The van der Waals surface area contributed by atoms with E-state index in [0.29, 0.717) is 10.5 Å². The molecule has 1 aromatic rings. The van der Waals surface area contributed by atoms with E-state index in [1.807, 2.05) is 12.1 Å². The second kappa shape index (κ2) is 6.74. The molecule has 1 N–H and O–H groups in total. The zero-order valence-electron chi connectivity index (χ0n) is 11.8. The average molecular weight is 328 g/mol. The van der Waals surface area contributed by atoms with Gasteiger partial charge in [0.05, 0.1) is 4.47 Å². The standard InChI is InChI=1S/C16H23BrFN/c1-11(2)8-12-4-3-5-13(9-12)19-14-6-7-16(18)15(17)10-14/h6-7,10-13,19H,3-5,8-9H2,1-2H3. The predicted octanol–water partition coefficient (Wildman–Crippen LogP) is 5.61. The molecule has 1 nitrogen and oxygen atoms in total. The van der Waals surface area contributed by atoms with Crippen molar-refractivity contribution < 1.29 is 4.39 Å². The van der Waals surface area contributed by atoms with Gasteiger partial charge in [0.25, 0.3) is 0 Å². The fourth-order valence-electron chi connectivity index (χ4n) is 3.12. The highest BCUT2D eigenvalue weighted by Crippen LogP contribution is 2.31. The molecule has 19 heavy (non-hydrogen) atoms. The number of anilines is 1. The molecule has 0 amide bonds. The Morgan fingerprint density at radius 2 is 2.16 bits per heavy atom. The van der Waals surface area contributed by atoms with Crippen molar-refractivity contribution in [2.45, 2.75) is 52.0 Å². The Bertz CT molecular complexity index is 419. The van der Waals surface area contributed by atoms with Crippen LogP contribution in [0.15, 0.2) is 22.7 Å². The third kappa shape index (κ3) is 4.48. The summed E-state index contributed by atoms with van der Waals surface area (Å²) in [5.41, 5.74) is 1.02. The van der Waals surface area contributed by atoms with E-state index in [1.54, 1.807) is 0 Å². The normalized spacial score (nSPS) is 23.6. The Labute approximate surface area is 124 Å². The number of rotatable bonds is 4. The molecule has 2 rings (SSSR count). The summed E-state index contributed by atoms with van der Waals surface area (Å²) >= 11 is 3.24. The van der Waals surface area contributed by atoms with E-state index in [0.717, 1.165) is 17.5 Å². The van der Waals surface area contributed by atoms with Crippen LogP contribution in [0.5, 0.6) is 0 Å². The van der Waals surface area contributed by atoms with Gasteiger partial charge in [-0.3, -0.25) is 0 Å². The minimum atomic E-state index is -0.202. The van der Waals surface area contributed by atoms with Gasteiger partial charge in [-0.2, -0.15) is 0 Å². The third-order valence-electron chi connectivity index (χ3n) is 3.88. The SMILES string of the molecule is CC(C)CC1CCCC(Nc2ccc(F)c(Br)c2)C1. The second-order valence-electron chi connectivity index (χ2n) is 6.13. The Morgan fingerprint density at radius 1 is 1.37 bits per heavy atom. The Kier molecular flexibility index (Phi) is 5.26. The van der Waals surface area contributed by atoms with Gasteiger partial charge in [0, 0.05) is 11.7 Å². The molecule has 0 heterocycles. The molecule has 0 aromatic heterocycles. The van der Waals surface area contributed by atoms with Crippen molar-refractivity contribution in [1.82, 2.24) is 0 Å². The van der Waals surface area contributed by atoms with Crippen molar-refractivity contribution in [3.8, 4) is 0 Å². The molecule has 0 saturated heterocycles. The maximum absolute atomic E-state index is 13.2. The van der Waals surface area contributed by atoms with Gasteiger partial charge < -0.3 is 5.32 Å². The summed E-state index contributed by atoms with van der Waals surface area (Å²) in [6.07, 6.45) is 6.46. The van der Waals surface area contributed by atoms with E-state index in [9.17, 15) is 4.39 Å². The maximum atomic E-state index is 13.2. The maximum Gasteiger partial charge on any atom is 0.137 e. The van der Waals surface area contributed by atoms with Gasteiger partial charge in [0.2, 0.25) is 0 Å². The van der Waals surface area contributed by atoms with Crippen LogP contribution in [0.4, 0.5) is 10.1 Å². The lowest BCUT2D eigenvalue weighted by Gasteiger charge is -2.31. The molecule has 2 atom stereocenters. The van der Waals surface area contributed by atoms with E-state index in [-0.39, 0.29) is 5.82 Å². The summed E-state index contributed by atoms with van der Waals surface area (Å²) in [5.74, 6) is 1.42. The highest BCUT2D eigenvalue weighted by molar-refractivity contribution is 9.10. The minimum absolute atomic E-state index is 0.202. The monoisotopic (exact) mass is 327 g/mol. The molecule has 0 bridgehead atoms. The van der Waals surface area contributed by atoms with Gasteiger partial charge in [-0.15, -0.1) is 0 Å². The highest BCUT2D eigenvalue weighted by Gasteiger charge is 2.22. The molecule has 3 heteroatoms. The Balaban J connectivity index is 1.92. The van der Waals surface area contributed by atoms with E-state index >= 15 is 0 Å². The van der Waals surface area contributed by atoms with E-state index in [1.165, 1.54) is 38.2 Å². The fraction of sp³-hybridized carbons (Fsp3) is 0.625. The van der Waals surface area contributed by atoms with Crippen molar-refractivity contribution in [2.24, 2.45) is 11.8 Å².